The molecule has 102 valence electrons. The molecule has 0 aliphatic carbocycles. The second kappa shape index (κ2) is 5.64. The van der Waals surface area contributed by atoms with Crippen LogP contribution in [0.4, 0.5) is 11.6 Å². The molecule has 0 aliphatic rings. The zero-order chi connectivity index (χ0) is 13.8. The Kier molecular flexibility index (Phi) is 3.94. The van der Waals surface area contributed by atoms with Crippen LogP contribution in [0.15, 0.2) is 10.9 Å². The maximum Gasteiger partial charge on any atom is 0.213 e. The van der Waals surface area contributed by atoms with Gasteiger partial charge >= 0.3 is 0 Å². The van der Waals surface area contributed by atoms with Crippen LogP contribution >= 0.6 is 0 Å². The topological polar surface area (TPSA) is 103 Å². The standard InChI is InChI=1S/C12H18N6O/c1-7(2)11-16-10(13)8(3)12(17-11)14-5-4-9-15-6-19-18-9/h6-7H,4-5H2,1-3H3,(H3,13,14,16,17). The van der Waals surface area contributed by atoms with Crippen LogP contribution in [0.25, 0.3) is 0 Å². The summed E-state index contributed by atoms with van der Waals surface area (Å²) in [5, 5.41) is 6.98. The van der Waals surface area contributed by atoms with Gasteiger partial charge in [0, 0.05) is 24.4 Å². The van der Waals surface area contributed by atoms with Gasteiger partial charge in [0.15, 0.2) is 5.82 Å². The fourth-order valence-corrected chi connectivity index (χ4v) is 1.58. The third kappa shape index (κ3) is 3.18. The number of rotatable bonds is 5. The maximum atomic E-state index is 5.89. The first-order chi connectivity index (χ1) is 9.08. The summed E-state index contributed by atoms with van der Waals surface area (Å²) in [6.07, 6.45) is 1.98. The number of nitrogen functional groups attached to an aromatic ring is 1. The normalized spacial score (nSPS) is 10.9. The number of anilines is 2. The Hall–Kier alpha value is -2.18. The summed E-state index contributed by atoms with van der Waals surface area (Å²) >= 11 is 0. The summed E-state index contributed by atoms with van der Waals surface area (Å²) in [5.41, 5.74) is 6.75. The summed E-state index contributed by atoms with van der Waals surface area (Å²) < 4.78 is 4.68. The minimum atomic E-state index is 0.237. The van der Waals surface area contributed by atoms with Crippen LogP contribution in [0.3, 0.4) is 0 Å². The lowest BCUT2D eigenvalue weighted by Gasteiger charge is -2.12. The second-order valence-electron chi connectivity index (χ2n) is 4.62. The van der Waals surface area contributed by atoms with Crippen molar-refractivity contribution in [3.05, 3.63) is 23.6 Å². The molecular formula is C12H18N6O. The summed E-state index contributed by atoms with van der Waals surface area (Å²) in [6.45, 7) is 6.63. The van der Waals surface area contributed by atoms with E-state index in [-0.39, 0.29) is 5.92 Å². The number of nitrogens with one attached hydrogen (secondary N) is 1. The highest BCUT2D eigenvalue weighted by Crippen LogP contribution is 2.20. The summed E-state index contributed by atoms with van der Waals surface area (Å²) in [6, 6.07) is 0. The van der Waals surface area contributed by atoms with E-state index in [0.29, 0.717) is 24.6 Å². The van der Waals surface area contributed by atoms with Crippen LogP contribution in [0.5, 0.6) is 0 Å². The van der Waals surface area contributed by atoms with Crippen molar-refractivity contribution in [3.63, 3.8) is 0 Å². The smallest absolute Gasteiger partial charge is 0.213 e. The Bertz CT molecular complexity index is 537. The van der Waals surface area contributed by atoms with E-state index in [1.54, 1.807) is 0 Å². The Morgan fingerprint density at radius 2 is 2.16 bits per heavy atom. The van der Waals surface area contributed by atoms with Crippen LogP contribution in [-0.2, 0) is 6.42 Å². The first-order valence-electron chi connectivity index (χ1n) is 6.21. The Balaban J connectivity index is 2.06. The lowest BCUT2D eigenvalue weighted by atomic mass is 10.2. The molecule has 2 heterocycles. The van der Waals surface area contributed by atoms with Crippen LogP contribution in [0.2, 0.25) is 0 Å². The molecule has 0 aromatic carbocycles. The van der Waals surface area contributed by atoms with Gasteiger partial charge in [-0.2, -0.15) is 4.98 Å². The average Bonchev–Trinajstić information content (AvgIpc) is 2.87. The molecule has 0 unspecified atom stereocenters. The Labute approximate surface area is 111 Å². The maximum absolute atomic E-state index is 5.89. The van der Waals surface area contributed by atoms with E-state index in [4.69, 9.17) is 5.73 Å². The SMILES string of the molecule is Cc1c(N)nc(C(C)C)nc1NCCc1ncon1. The fraction of sp³-hybridized carbons (Fsp3) is 0.500. The third-order valence-electron chi connectivity index (χ3n) is 2.77. The highest BCUT2D eigenvalue weighted by Gasteiger charge is 2.11. The highest BCUT2D eigenvalue weighted by molar-refractivity contribution is 5.54. The van der Waals surface area contributed by atoms with Gasteiger partial charge in [-0.1, -0.05) is 19.0 Å². The lowest BCUT2D eigenvalue weighted by molar-refractivity contribution is 0.410. The number of aromatic nitrogens is 4. The van der Waals surface area contributed by atoms with Crippen LogP contribution < -0.4 is 11.1 Å². The van der Waals surface area contributed by atoms with Crippen molar-refractivity contribution in [2.45, 2.75) is 33.1 Å². The number of nitrogens with two attached hydrogens (primary N) is 1. The fourth-order valence-electron chi connectivity index (χ4n) is 1.58. The van der Waals surface area contributed by atoms with Crippen molar-refractivity contribution < 1.29 is 4.52 Å². The number of hydrogen-bond donors (Lipinski definition) is 2. The van der Waals surface area contributed by atoms with Gasteiger partial charge in [0.2, 0.25) is 6.39 Å². The van der Waals surface area contributed by atoms with Crippen molar-refractivity contribution in [1.82, 2.24) is 20.1 Å². The molecule has 0 radical (unpaired) electrons. The van der Waals surface area contributed by atoms with Crippen molar-refractivity contribution in [2.24, 2.45) is 0 Å². The quantitative estimate of drug-likeness (QED) is 0.842. The van der Waals surface area contributed by atoms with Crippen LogP contribution in [0.1, 0.15) is 37.0 Å². The molecule has 0 amide bonds. The molecule has 0 bridgehead atoms. The van der Waals surface area contributed by atoms with Gasteiger partial charge < -0.3 is 15.6 Å². The molecule has 2 aromatic heterocycles. The first kappa shape index (κ1) is 13.3. The van der Waals surface area contributed by atoms with Gasteiger partial charge in [-0.05, 0) is 6.92 Å². The van der Waals surface area contributed by atoms with Gasteiger partial charge in [0.05, 0.1) is 0 Å². The Morgan fingerprint density at radius 1 is 1.37 bits per heavy atom. The molecule has 0 fully saturated rings. The molecule has 2 aromatic rings. The van der Waals surface area contributed by atoms with E-state index in [2.05, 4.69) is 29.9 Å². The van der Waals surface area contributed by atoms with Crippen molar-refractivity contribution in [2.75, 3.05) is 17.6 Å². The molecule has 2 rings (SSSR count). The molecular weight excluding hydrogens is 244 g/mol. The average molecular weight is 262 g/mol. The second-order valence-corrected chi connectivity index (χ2v) is 4.62. The molecule has 0 saturated heterocycles. The van der Waals surface area contributed by atoms with E-state index in [0.717, 1.165) is 17.2 Å². The molecule has 7 heteroatoms. The summed E-state index contributed by atoms with van der Waals surface area (Å²) in [4.78, 5) is 12.7. The van der Waals surface area contributed by atoms with Crippen LogP contribution in [-0.4, -0.2) is 26.7 Å². The molecule has 0 atom stereocenters. The first-order valence-corrected chi connectivity index (χ1v) is 6.21. The van der Waals surface area contributed by atoms with Gasteiger partial charge in [-0.15, -0.1) is 0 Å². The third-order valence-corrected chi connectivity index (χ3v) is 2.77. The van der Waals surface area contributed by atoms with E-state index in [1.165, 1.54) is 6.39 Å². The minimum absolute atomic E-state index is 0.237. The van der Waals surface area contributed by atoms with Gasteiger partial charge in [0.25, 0.3) is 0 Å². The van der Waals surface area contributed by atoms with Gasteiger partial charge in [-0.3, -0.25) is 0 Å². The predicted molar refractivity (Wildman–Crippen MR) is 71.8 cm³/mol. The minimum Gasteiger partial charge on any atom is -0.383 e. The van der Waals surface area contributed by atoms with E-state index < -0.39 is 0 Å². The van der Waals surface area contributed by atoms with Crippen molar-refractivity contribution in [3.8, 4) is 0 Å². The molecule has 0 saturated carbocycles. The van der Waals surface area contributed by atoms with Crippen molar-refractivity contribution in [1.29, 1.82) is 0 Å². The van der Waals surface area contributed by atoms with E-state index in [9.17, 15) is 0 Å². The molecule has 3 N–H and O–H groups in total. The van der Waals surface area contributed by atoms with E-state index in [1.807, 2.05) is 20.8 Å². The largest absolute Gasteiger partial charge is 0.383 e. The lowest BCUT2D eigenvalue weighted by Crippen LogP contribution is -2.13. The zero-order valence-electron chi connectivity index (χ0n) is 11.3. The van der Waals surface area contributed by atoms with Crippen LogP contribution in [0, 0.1) is 6.92 Å². The molecule has 7 nitrogen and oxygen atoms in total. The van der Waals surface area contributed by atoms with Crippen molar-refractivity contribution >= 4 is 11.6 Å². The summed E-state index contributed by atoms with van der Waals surface area (Å²) in [5.74, 6) is 2.92. The molecule has 19 heavy (non-hydrogen) atoms. The number of nitrogens with zero attached hydrogens (tertiary/aromatic N) is 4. The number of hydrogen-bond acceptors (Lipinski definition) is 7. The highest BCUT2D eigenvalue weighted by atomic mass is 16.5. The zero-order valence-corrected chi connectivity index (χ0v) is 11.3. The summed E-state index contributed by atoms with van der Waals surface area (Å²) in [7, 11) is 0. The van der Waals surface area contributed by atoms with Gasteiger partial charge in [-0.25, -0.2) is 9.97 Å². The molecule has 0 spiro atoms. The monoisotopic (exact) mass is 262 g/mol. The Morgan fingerprint density at radius 3 is 2.79 bits per heavy atom. The van der Waals surface area contributed by atoms with Gasteiger partial charge in [0.1, 0.15) is 17.5 Å². The van der Waals surface area contributed by atoms with E-state index >= 15 is 0 Å². The molecule has 0 aliphatic heterocycles. The predicted octanol–water partition coefficient (Wildman–Crippen LogP) is 1.53.